The Morgan fingerprint density at radius 3 is 3.00 bits per heavy atom. The highest BCUT2D eigenvalue weighted by Crippen LogP contribution is 2.30. The van der Waals surface area contributed by atoms with Crippen molar-refractivity contribution in [3.63, 3.8) is 0 Å². The molecule has 1 saturated heterocycles. The van der Waals surface area contributed by atoms with Gasteiger partial charge in [0, 0.05) is 37.8 Å². The summed E-state index contributed by atoms with van der Waals surface area (Å²) in [7, 11) is 1.49. The zero-order chi connectivity index (χ0) is 23.8. The van der Waals surface area contributed by atoms with Crippen molar-refractivity contribution in [2.24, 2.45) is 0 Å². The van der Waals surface area contributed by atoms with E-state index in [0.29, 0.717) is 30.1 Å². The highest BCUT2D eigenvalue weighted by molar-refractivity contribution is 5.94. The number of piperazine rings is 1. The number of nitriles is 1. The maximum Gasteiger partial charge on any atom is 0.338 e. The van der Waals surface area contributed by atoms with Gasteiger partial charge in [-0.2, -0.15) is 10.2 Å². The summed E-state index contributed by atoms with van der Waals surface area (Å²) in [5, 5.41) is 21.5. The Morgan fingerprint density at radius 1 is 1.35 bits per heavy atom. The molecule has 3 aromatic rings. The van der Waals surface area contributed by atoms with Crippen molar-refractivity contribution in [1.29, 1.82) is 5.26 Å². The summed E-state index contributed by atoms with van der Waals surface area (Å²) in [6.07, 6.45) is 1.86. The number of pyridine rings is 1. The fourth-order valence-electron chi connectivity index (χ4n) is 4.65. The number of aromatic nitrogens is 4. The zero-order valence-corrected chi connectivity index (χ0v) is 19.3. The number of carbonyl (C=O) groups excluding carboxylic acids is 1. The minimum absolute atomic E-state index is 0.150. The number of methoxy groups -OCH3 is 1. The summed E-state index contributed by atoms with van der Waals surface area (Å²) >= 11 is 0. The van der Waals surface area contributed by atoms with E-state index in [-0.39, 0.29) is 17.9 Å². The van der Waals surface area contributed by atoms with Crippen LogP contribution < -0.4 is 10.1 Å². The molecule has 0 amide bonds. The highest BCUT2D eigenvalue weighted by Gasteiger charge is 2.28. The molecule has 10 heteroatoms. The van der Waals surface area contributed by atoms with Gasteiger partial charge in [0.25, 0.3) is 0 Å². The molecule has 2 aliphatic rings. The fourth-order valence-corrected chi connectivity index (χ4v) is 4.65. The second-order valence-electron chi connectivity index (χ2n) is 8.57. The first kappa shape index (κ1) is 22.0. The van der Waals surface area contributed by atoms with Crippen molar-refractivity contribution in [1.82, 2.24) is 30.2 Å². The topological polar surface area (TPSA) is 118 Å². The van der Waals surface area contributed by atoms with Crippen LogP contribution in [0, 0.1) is 25.2 Å². The molecule has 5 rings (SSSR count). The number of rotatable bonds is 5. The molecule has 0 spiro atoms. The van der Waals surface area contributed by atoms with Crippen LogP contribution in [0.15, 0.2) is 24.4 Å². The second-order valence-corrected chi connectivity index (χ2v) is 8.57. The maximum atomic E-state index is 11.9. The Balaban J connectivity index is 1.32. The number of hydrogen-bond donors (Lipinski definition) is 1. The minimum Gasteiger partial charge on any atom is -0.480 e. The van der Waals surface area contributed by atoms with Crippen molar-refractivity contribution < 1.29 is 14.3 Å². The molecule has 0 bridgehead atoms. The first-order chi connectivity index (χ1) is 16.5. The number of cyclic esters (lactones) is 1. The molecule has 4 heterocycles. The van der Waals surface area contributed by atoms with Crippen molar-refractivity contribution in [3.05, 3.63) is 63.5 Å². The molecule has 1 fully saturated rings. The number of esters is 1. The molecule has 0 saturated carbocycles. The van der Waals surface area contributed by atoms with Gasteiger partial charge in [0.2, 0.25) is 5.88 Å². The third kappa shape index (κ3) is 3.89. The molecule has 1 atom stereocenters. The van der Waals surface area contributed by atoms with Gasteiger partial charge in [-0.25, -0.2) is 9.48 Å². The molecular formula is C24H25N7O3. The van der Waals surface area contributed by atoms with E-state index in [9.17, 15) is 10.1 Å². The number of carbonyl (C=O) groups is 1. The number of nitrogens with zero attached hydrogens (tertiary/aromatic N) is 6. The van der Waals surface area contributed by atoms with E-state index in [0.717, 1.165) is 42.0 Å². The van der Waals surface area contributed by atoms with Gasteiger partial charge in [0.05, 0.1) is 24.6 Å². The molecule has 0 radical (unpaired) electrons. The Kier molecular flexibility index (Phi) is 5.73. The normalized spacial score (nSPS) is 17.8. The Labute approximate surface area is 197 Å². The molecule has 0 unspecified atom stereocenters. The molecule has 1 N–H and O–H groups in total. The van der Waals surface area contributed by atoms with E-state index in [1.165, 1.54) is 12.7 Å². The molecule has 174 valence electrons. The number of fused-ring (bicyclic) bond motifs is 1. The molecule has 2 aliphatic heterocycles. The summed E-state index contributed by atoms with van der Waals surface area (Å²) in [5.74, 6) is 0.586. The van der Waals surface area contributed by atoms with Crippen molar-refractivity contribution in [2.45, 2.75) is 33.0 Å². The first-order valence-electron chi connectivity index (χ1n) is 11.1. The van der Waals surface area contributed by atoms with E-state index >= 15 is 0 Å². The van der Waals surface area contributed by atoms with Crippen molar-refractivity contribution in [2.75, 3.05) is 26.7 Å². The number of nitrogens with one attached hydrogen (secondary N) is 1. The Morgan fingerprint density at radius 2 is 2.21 bits per heavy atom. The monoisotopic (exact) mass is 459 g/mol. The van der Waals surface area contributed by atoms with Gasteiger partial charge in [-0.05, 0) is 42.7 Å². The van der Waals surface area contributed by atoms with Crippen LogP contribution in [0.1, 0.15) is 49.9 Å². The third-order valence-electron chi connectivity index (χ3n) is 6.48. The SMILES string of the molecule is COc1nc(-n2cc(CN3CCN[C@H](c4ccc5c(c4C)COC5=O)C3)nn2)cc(C)c1C#N. The van der Waals surface area contributed by atoms with E-state index < -0.39 is 0 Å². The summed E-state index contributed by atoms with van der Waals surface area (Å²) in [6.45, 7) is 7.44. The van der Waals surface area contributed by atoms with Crippen LogP contribution >= 0.6 is 0 Å². The Hall–Kier alpha value is -3.81. The predicted octanol–water partition coefficient (Wildman–Crippen LogP) is 1.98. The molecule has 10 nitrogen and oxygen atoms in total. The van der Waals surface area contributed by atoms with E-state index in [2.05, 4.69) is 38.5 Å². The van der Waals surface area contributed by atoms with Gasteiger partial charge in [-0.1, -0.05) is 11.3 Å². The van der Waals surface area contributed by atoms with Crippen molar-refractivity contribution >= 4 is 5.97 Å². The fraction of sp³-hybridized carbons (Fsp3) is 0.375. The van der Waals surface area contributed by atoms with Crippen LogP contribution in [0.3, 0.4) is 0 Å². The summed E-state index contributed by atoms with van der Waals surface area (Å²) in [4.78, 5) is 18.6. The minimum atomic E-state index is -0.240. The lowest BCUT2D eigenvalue weighted by Crippen LogP contribution is -2.45. The number of benzene rings is 1. The lowest BCUT2D eigenvalue weighted by Gasteiger charge is -2.34. The smallest absolute Gasteiger partial charge is 0.338 e. The maximum absolute atomic E-state index is 11.9. The zero-order valence-electron chi connectivity index (χ0n) is 19.3. The third-order valence-corrected chi connectivity index (χ3v) is 6.48. The lowest BCUT2D eigenvalue weighted by molar-refractivity contribution is 0.0535. The number of aryl methyl sites for hydroxylation is 1. The van der Waals surface area contributed by atoms with E-state index in [1.54, 1.807) is 10.7 Å². The van der Waals surface area contributed by atoms with Crippen molar-refractivity contribution in [3.8, 4) is 17.8 Å². The van der Waals surface area contributed by atoms with Crippen LogP contribution in [0.4, 0.5) is 0 Å². The van der Waals surface area contributed by atoms with Gasteiger partial charge >= 0.3 is 5.97 Å². The van der Waals surface area contributed by atoms with Gasteiger partial charge in [0.1, 0.15) is 18.2 Å². The Bertz CT molecular complexity index is 1310. The largest absolute Gasteiger partial charge is 0.480 e. The summed E-state index contributed by atoms with van der Waals surface area (Å²) in [6, 6.07) is 7.98. The highest BCUT2D eigenvalue weighted by atomic mass is 16.5. The van der Waals surface area contributed by atoms with Gasteiger partial charge in [-0.15, -0.1) is 5.10 Å². The number of hydrogen-bond acceptors (Lipinski definition) is 9. The molecular weight excluding hydrogens is 434 g/mol. The molecule has 2 aromatic heterocycles. The van der Waals surface area contributed by atoms with Crippen LogP contribution in [-0.2, 0) is 17.9 Å². The predicted molar refractivity (Wildman–Crippen MR) is 121 cm³/mol. The van der Waals surface area contributed by atoms with Crippen LogP contribution in [0.25, 0.3) is 5.82 Å². The lowest BCUT2D eigenvalue weighted by atomic mass is 9.93. The van der Waals surface area contributed by atoms with Gasteiger partial charge < -0.3 is 14.8 Å². The second kappa shape index (κ2) is 8.85. The average Bonchev–Trinajstić information content (AvgIpc) is 3.46. The standard InChI is InChI=1S/C24H25N7O3/c1-14-8-22(27-23(33-3)19(14)9-25)31-11-16(28-29-31)10-30-7-6-26-21(12-30)17-4-5-18-20(15(17)2)13-34-24(18)32/h4-5,8,11,21,26H,6-7,10,12-13H2,1-3H3/t21-/m0/s1. The summed E-state index contributed by atoms with van der Waals surface area (Å²) < 4.78 is 12.1. The quantitative estimate of drug-likeness (QED) is 0.571. The van der Waals surface area contributed by atoms with E-state index in [1.807, 2.05) is 25.3 Å². The first-order valence-corrected chi connectivity index (χ1v) is 11.1. The average molecular weight is 460 g/mol. The number of ether oxygens (including phenoxy) is 2. The van der Waals surface area contributed by atoms with Gasteiger partial charge in [0.15, 0.2) is 5.82 Å². The molecule has 1 aromatic carbocycles. The van der Waals surface area contributed by atoms with Crippen LogP contribution in [-0.4, -0.2) is 57.6 Å². The van der Waals surface area contributed by atoms with Gasteiger partial charge in [-0.3, -0.25) is 4.90 Å². The molecule has 34 heavy (non-hydrogen) atoms. The molecule has 0 aliphatic carbocycles. The van der Waals surface area contributed by atoms with Crippen LogP contribution in [0.5, 0.6) is 5.88 Å². The van der Waals surface area contributed by atoms with E-state index in [4.69, 9.17) is 9.47 Å². The van der Waals surface area contributed by atoms with Crippen LogP contribution in [0.2, 0.25) is 0 Å². The summed E-state index contributed by atoms with van der Waals surface area (Å²) in [5.41, 5.74) is 5.98.